The zero-order valence-electron chi connectivity index (χ0n) is 21.8. The molecule has 0 radical (unpaired) electrons. The highest BCUT2D eigenvalue weighted by molar-refractivity contribution is 5.90. The highest BCUT2D eigenvalue weighted by atomic mass is 16.2. The van der Waals surface area contributed by atoms with Gasteiger partial charge < -0.3 is 20.5 Å². The molecule has 3 N–H and O–H groups in total. The van der Waals surface area contributed by atoms with Gasteiger partial charge >= 0.3 is 0 Å². The number of nitrogens with one attached hydrogen (secondary N) is 3. The number of benzene rings is 1. The number of piperidine rings is 1. The van der Waals surface area contributed by atoms with Crippen LogP contribution in [0.15, 0.2) is 30.5 Å². The van der Waals surface area contributed by atoms with E-state index in [0.29, 0.717) is 18.9 Å². The Hall–Kier alpha value is -2.34. The van der Waals surface area contributed by atoms with Crippen molar-refractivity contribution in [2.24, 2.45) is 23.7 Å². The summed E-state index contributed by atoms with van der Waals surface area (Å²) in [5.74, 6) is 2.16. The standard InChI is InChI=1S/C29H44N4O2/c1-20-9-11-23(12-10-20)28(34)32-27(16-24-17-31-26-8-5-4-7-25(24)26)29(35)30-13-6-14-33-18-21(2)15-22(3)19-33/h4-5,7-8,17,20-23,27,31H,6,9-16,18-19H2,1-3H3,(H,30,35)(H,32,34)/t20?,21-,22+,23?,27-/m1/s1. The molecule has 2 fully saturated rings. The topological polar surface area (TPSA) is 77.2 Å². The van der Waals surface area contributed by atoms with Gasteiger partial charge in [0.05, 0.1) is 0 Å². The fourth-order valence-electron chi connectivity index (χ4n) is 6.15. The van der Waals surface area contributed by atoms with Crippen LogP contribution in [-0.2, 0) is 16.0 Å². The number of carbonyl (C=O) groups is 2. The van der Waals surface area contributed by atoms with Gasteiger partial charge in [-0.05, 0) is 74.5 Å². The molecule has 0 unspecified atom stereocenters. The molecule has 2 amide bonds. The van der Waals surface area contributed by atoms with Crippen molar-refractivity contribution in [2.75, 3.05) is 26.2 Å². The van der Waals surface area contributed by atoms with Gasteiger partial charge in [-0.2, -0.15) is 0 Å². The molecule has 0 bridgehead atoms. The first-order valence-electron chi connectivity index (χ1n) is 13.7. The van der Waals surface area contributed by atoms with Crippen molar-refractivity contribution >= 4 is 22.7 Å². The van der Waals surface area contributed by atoms with Gasteiger partial charge in [-0.15, -0.1) is 0 Å². The molecule has 1 aromatic carbocycles. The van der Waals surface area contributed by atoms with Crippen molar-refractivity contribution in [3.8, 4) is 0 Å². The van der Waals surface area contributed by atoms with Crippen LogP contribution >= 0.6 is 0 Å². The van der Waals surface area contributed by atoms with E-state index >= 15 is 0 Å². The fraction of sp³-hybridized carbons (Fsp3) is 0.655. The molecule has 3 atom stereocenters. The maximum absolute atomic E-state index is 13.3. The van der Waals surface area contributed by atoms with E-state index in [1.165, 1.54) is 6.42 Å². The number of amides is 2. The van der Waals surface area contributed by atoms with Crippen LogP contribution in [0.25, 0.3) is 10.9 Å². The fourth-order valence-corrected chi connectivity index (χ4v) is 6.15. The van der Waals surface area contributed by atoms with Crippen molar-refractivity contribution in [3.05, 3.63) is 36.0 Å². The van der Waals surface area contributed by atoms with E-state index in [-0.39, 0.29) is 17.7 Å². The van der Waals surface area contributed by atoms with Crippen LogP contribution in [0, 0.1) is 23.7 Å². The van der Waals surface area contributed by atoms with Gasteiger partial charge in [0.15, 0.2) is 0 Å². The predicted molar refractivity (Wildman–Crippen MR) is 142 cm³/mol. The Morgan fingerprint density at radius 2 is 1.74 bits per heavy atom. The van der Waals surface area contributed by atoms with Crippen molar-refractivity contribution in [1.29, 1.82) is 0 Å². The van der Waals surface area contributed by atoms with E-state index in [9.17, 15) is 9.59 Å². The van der Waals surface area contributed by atoms with Crippen molar-refractivity contribution in [2.45, 2.75) is 71.8 Å². The second-order valence-corrected chi connectivity index (χ2v) is 11.4. The normalized spacial score (nSPS) is 26.4. The van der Waals surface area contributed by atoms with Gasteiger partial charge in [0.1, 0.15) is 6.04 Å². The van der Waals surface area contributed by atoms with Crippen LogP contribution < -0.4 is 10.6 Å². The molecular formula is C29H44N4O2. The third-order valence-electron chi connectivity index (χ3n) is 8.01. The monoisotopic (exact) mass is 480 g/mol. The first-order valence-corrected chi connectivity index (χ1v) is 13.7. The molecule has 4 rings (SSSR count). The lowest BCUT2D eigenvalue weighted by Gasteiger charge is -2.35. The minimum absolute atomic E-state index is 0.0209. The second-order valence-electron chi connectivity index (χ2n) is 11.4. The first-order chi connectivity index (χ1) is 16.9. The van der Waals surface area contributed by atoms with Crippen molar-refractivity contribution in [1.82, 2.24) is 20.5 Å². The lowest BCUT2D eigenvalue weighted by Crippen LogP contribution is -2.50. The predicted octanol–water partition coefficient (Wildman–Crippen LogP) is 4.51. The number of rotatable bonds is 9. The molecule has 35 heavy (non-hydrogen) atoms. The molecular weight excluding hydrogens is 436 g/mol. The lowest BCUT2D eigenvalue weighted by atomic mass is 9.82. The summed E-state index contributed by atoms with van der Waals surface area (Å²) in [4.78, 5) is 32.2. The van der Waals surface area contributed by atoms with Gasteiger partial charge in [0, 0.05) is 49.1 Å². The number of aromatic amines is 1. The van der Waals surface area contributed by atoms with E-state index in [0.717, 1.165) is 80.0 Å². The largest absolute Gasteiger partial charge is 0.361 e. The summed E-state index contributed by atoms with van der Waals surface area (Å²) in [5.41, 5.74) is 2.12. The molecule has 2 aromatic rings. The zero-order valence-corrected chi connectivity index (χ0v) is 21.8. The number of H-pyrrole nitrogens is 1. The summed E-state index contributed by atoms with van der Waals surface area (Å²) in [6.07, 6.45) is 8.71. The van der Waals surface area contributed by atoms with E-state index in [2.05, 4.69) is 47.4 Å². The quantitative estimate of drug-likeness (QED) is 0.462. The Kier molecular flexibility index (Phi) is 8.88. The SMILES string of the molecule is CC1CCC(C(=O)N[C@H](Cc2c[nH]c3ccccc23)C(=O)NCCCN2C[C@H](C)C[C@H](C)C2)CC1. The zero-order chi connectivity index (χ0) is 24.8. The minimum Gasteiger partial charge on any atom is -0.361 e. The number of hydrogen-bond acceptors (Lipinski definition) is 3. The third kappa shape index (κ3) is 7.09. The Bertz CT molecular complexity index is 968. The Labute approximate surface area is 210 Å². The maximum atomic E-state index is 13.3. The molecule has 1 saturated heterocycles. The van der Waals surface area contributed by atoms with Crippen LogP contribution in [0.2, 0.25) is 0 Å². The highest BCUT2D eigenvalue weighted by Gasteiger charge is 2.29. The number of fused-ring (bicyclic) bond motifs is 1. The van der Waals surface area contributed by atoms with Crippen LogP contribution in [0.1, 0.15) is 64.9 Å². The second kappa shape index (κ2) is 12.1. The molecule has 1 aromatic heterocycles. The van der Waals surface area contributed by atoms with Gasteiger partial charge in [-0.25, -0.2) is 0 Å². The number of nitrogens with zero attached hydrogens (tertiary/aromatic N) is 1. The Morgan fingerprint density at radius 1 is 1.03 bits per heavy atom. The molecule has 1 aliphatic carbocycles. The summed E-state index contributed by atoms with van der Waals surface area (Å²) in [7, 11) is 0. The molecule has 192 valence electrons. The molecule has 6 nitrogen and oxygen atoms in total. The van der Waals surface area contributed by atoms with Gasteiger partial charge in [0.2, 0.25) is 11.8 Å². The van der Waals surface area contributed by atoms with Crippen LogP contribution in [0.5, 0.6) is 0 Å². The van der Waals surface area contributed by atoms with E-state index in [4.69, 9.17) is 0 Å². The maximum Gasteiger partial charge on any atom is 0.242 e. The van der Waals surface area contributed by atoms with Gasteiger partial charge in [-0.3, -0.25) is 9.59 Å². The Morgan fingerprint density at radius 3 is 2.49 bits per heavy atom. The van der Waals surface area contributed by atoms with Gasteiger partial charge in [0.25, 0.3) is 0 Å². The molecule has 0 spiro atoms. The minimum atomic E-state index is -0.559. The summed E-state index contributed by atoms with van der Waals surface area (Å²) < 4.78 is 0. The number of likely N-dealkylation sites (tertiary alicyclic amines) is 1. The number of para-hydroxylation sites is 1. The van der Waals surface area contributed by atoms with Crippen molar-refractivity contribution in [3.63, 3.8) is 0 Å². The first kappa shape index (κ1) is 25.7. The van der Waals surface area contributed by atoms with Crippen LogP contribution in [-0.4, -0.2) is 53.9 Å². The molecule has 2 heterocycles. The summed E-state index contributed by atoms with van der Waals surface area (Å²) in [5, 5.41) is 7.37. The smallest absolute Gasteiger partial charge is 0.242 e. The highest BCUT2D eigenvalue weighted by Crippen LogP contribution is 2.28. The van der Waals surface area contributed by atoms with E-state index in [1.807, 2.05) is 24.4 Å². The number of aromatic nitrogens is 1. The molecule has 2 aliphatic rings. The van der Waals surface area contributed by atoms with Crippen molar-refractivity contribution < 1.29 is 9.59 Å². The lowest BCUT2D eigenvalue weighted by molar-refractivity contribution is -0.131. The number of carbonyl (C=O) groups excluding carboxylic acids is 2. The Balaban J connectivity index is 1.35. The summed E-state index contributed by atoms with van der Waals surface area (Å²) >= 11 is 0. The molecule has 1 saturated carbocycles. The third-order valence-corrected chi connectivity index (χ3v) is 8.01. The van der Waals surface area contributed by atoms with Crippen LogP contribution in [0.3, 0.4) is 0 Å². The number of hydrogen-bond donors (Lipinski definition) is 3. The molecule has 1 aliphatic heterocycles. The van der Waals surface area contributed by atoms with Crippen LogP contribution in [0.4, 0.5) is 0 Å². The van der Waals surface area contributed by atoms with Gasteiger partial charge in [-0.1, -0.05) is 39.0 Å². The van der Waals surface area contributed by atoms with E-state index < -0.39 is 6.04 Å². The average molecular weight is 481 g/mol. The summed E-state index contributed by atoms with van der Waals surface area (Å²) in [6.45, 7) is 10.9. The average Bonchev–Trinajstić information content (AvgIpc) is 3.24. The van der Waals surface area contributed by atoms with E-state index in [1.54, 1.807) is 0 Å². The summed E-state index contributed by atoms with van der Waals surface area (Å²) in [6, 6.07) is 7.57. The molecule has 6 heteroatoms.